The van der Waals surface area contributed by atoms with E-state index in [0.717, 1.165) is 43.4 Å². The summed E-state index contributed by atoms with van der Waals surface area (Å²) in [5, 5.41) is 16.9. The number of fused-ring (bicyclic) bond motifs is 1. The highest BCUT2D eigenvalue weighted by Gasteiger charge is 2.42. The number of rotatable bonds is 4. The van der Waals surface area contributed by atoms with E-state index < -0.39 is 17.4 Å². The minimum absolute atomic E-state index is 0.262. The van der Waals surface area contributed by atoms with Crippen LogP contribution in [0.25, 0.3) is 5.69 Å². The largest absolute Gasteiger partial charge is 0.480 e. The number of carboxylic acid groups (broad SMARTS) is 1. The van der Waals surface area contributed by atoms with Gasteiger partial charge >= 0.3 is 5.97 Å². The number of nitrogens with one attached hydrogen (secondary N) is 1. The van der Waals surface area contributed by atoms with Crippen LogP contribution in [0.5, 0.6) is 0 Å². The van der Waals surface area contributed by atoms with E-state index in [1.807, 2.05) is 0 Å². The van der Waals surface area contributed by atoms with Crippen LogP contribution in [0.15, 0.2) is 24.3 Å². The van der Waals surface area contributed by atoms with Gasteiger partial charge in [0.25, 0.3) is 5.91 Å². The van der Waals surface area contributed by atoms with E-state index in [0.29, 0.717) is 24.9 Å². The zero-order chi connectivity index (χ0) is 19.0. The van der Waals surface area contributed by atoms with E-state index in [9.17, 15) is 19.1 Å². The molecule has 1 aromatic carbocycles. The molecule has 4 rings (SSSR count). The predicted molar refractivity (Wildman–Crippen MR) is 96.5 cm³/mol. The summed E-state index contributed by atoms with van der Waals surface area (Å²) in [5.41, 5.74) is 1.35. The van der Waals surface area contributed by atoms with Crippen LogP contribution in [-0.2, 0) is 17.6 Å². The zero-order valence-corrected chi connectivity index (χ0v) is 15.0. The number of aromatic nitrogens is 2. The van der Waals surface area contributed by atoms with Gasteiger partial charge in [0.1, 0.15) is 11.4 Å². The standard InChI is InChI=1S/C20H22FN3O3/c21-13-6-4-7-14(12-13)24-16-9-5-8-15(16)17(23-24)18(25)22-20(19(26)27)10-2-1-3-11-20/h4,6-7,12H,1-3,5,8-11H2,(H,22,25)(H,26,27). The Kier molecular flexibility index (Phi) is 4.45. The molecule has 1 heterocycles. The molecule has 0 spiro atoms. The van der Waals surface area contributed by atoms with E-state index in [1.54, 1.807) is 16.8 Å². The smallest absolute Gasteiger partial charge is 0.329 e. The van der Waals surface area contributed by atoms with Gasteiger partial charge < -0.3 is 10.4 Å². The fourth-order valence-electron chi connectivity index (χ4n) is 4.27. The number of carbonyl (C=O) groups is 2. The highest BCUT2D eigenvalue weighted by atomic mass is 19.1. The van der Waals surface area contributed by atoms with Crippen molar-refractivity contribution in [2.45, 2.75) is 56.9 Å². The Hall–Kier alpha value is -2.70. The first kappa shape index (κ1) is 17.7. The molecule has 0 aliphatic heterocycles. The third kappa shape index (κ3) is 3.11. The van der Waals surface area contributed by atoms with Crippen LogP contribution >= 0.6 is 0 Å². The van der Waals surface area contributed by atoms with Crippen molar-refractivity contribution in [3.8, 4) is 5.69 Å². The Bertz CT molecular complexity index is 900. The van der Waals surface area contributed by atoms with Crippen molar-refractivity contribution in [3.63, 3.8) is 0 Å². The van der Waals surface area contributed by atoms with Crippen molar-refractivity contribution in [3.05, 3.63) is 47.0 Å². The van der Waals surface area contributed by atoms with Crippen LogP contribution in [-0.4, -0.2) is 32.3 Å². The molecule has 1 aromatic heterocycles. The average molecular weight is 371 g/mol. The Morgan fingerprint density at radius 1 is 1.15 bits per heavy atom. The summed E-state index contributed by atoms with van der Waals surface area (Å²) in [6.45, 7) is 0. The van der Waals surface area contributed by atoms with Crippen LogP contribution in [0, 0.1) is 5.82 Å². The maximum atomic E-state index is 13.6. The van der Waals surface area contributed by atoms with Crippen molar-refractivity contribution in [2.75, 3.05) is 0 Å². The number of hydrogen-bond donors (Lipinski definition) is 2. The molecule has 7 heteroatoms. The molecule has 1 saturated carbocycles. The summed E-state index contributed by atoms with van der Waals surface area (Å²) in [4.78, 5) is 24.8. The second-order valence-electron chi connectivity index (χ2n) is 7.42. The van der Waals surface area contributed by atoms with Gasteiger partial charge in [-0.3, -0.25) is 4.79 Å². The first-order chi connectivity index (χ1) is 13.0. The summed E-state index contributed by atoms with van der Waals surface area (Å²) in [5.74, 6) is -1.81. The molecule has 2 N–H and O–H groups in total. The lowest BCUT2D eigenvalue weighted by molar-refractivity contribution is -0.145. The molecule has 0 bridgehead atoms. The second kappa shape index (κ2) is 6.79. The molecule has 2 aliphatic carbocycles. The van der Waals surface area contributed by atoms with E-state index in [2.05, 4.69) is 10.4 Å². The SMILES string of the molecule is O=C(NC1(C(=O)O)CCCCC1)c1nn(-c2cccc(F)c2)c2c1CCC2. The number of hydrogen-bond acceptors (Lipinski definition) is 3. The first-order valence-electron chi connectivity index (χ1n) is 9.43. The number of halogens is 1. The van der Waals surface area contributed by atoms with Gasteiger partial charge in [-0.05, 0) is 50.3 Å². The molecule has 27 heavy (non-hydrogen) atoms. The van der Waals surface area contributed by atoms with Crippen molar-refractivity contribution >= 4 is 11.9 Å². The van der Waals surface area contributed by atoms with Gasteiger partial charge in [0.05, 0.1) is 5.69 Å². The van der Waals surface area contributed by atoms with Gasteiger partial charge in [-0.1, -0.05) is 25.3 Å². The highest BCUT2D eigenvalue weighted by Crippen LogP contribution is 2.31. The second-order valence-corrected chi connectivity index (χ2v) is 7.42. The van der Waals surface area contributed by atoms with Gasteiger partial charge in [-0.25, -0.2) is 13.9 Å². The van der Waals surface area contributed by atoms with E-state index in [1.165, 1.54) is 12.1 Å². The Morgan fingerprint density at radius 3 is 2.63 bits per heavy atom. The van der Waals surface area contributed by atoms with Crippen molar-refractivity contribution < 1.29 is 19.1 Å². The Balaban J connectivity index is 1.69. The number of aliphatic carboxylic acids is 1. The average Bonchev–Trinajstić information content (AvgIpc) is 3.24. The van der Waals surface area contributed by atoms with E-state index in [4.69, 9.17) is 0 Å². The minimum atomic E-state index is -1.22. The molecule has 6 nitrogen and oxygen atoms in total. The zero-order valence-electron chi connectivity index (χ0n) is 15.0. The lowest BCUT2D eigenvalue weighted by Crippen LogP contribution is -2.55. The normalized spacial score (nSPS) is 18.1. The van der Waals surface area contributed by atoms with Crippen LogP contribution < -0.4 is 5.32 Å². The molecule has 0 saturated heterocycles. The van der Waals surface area contributed by atoms with Crippen LogP contribution in [0.3, 0.4) is 0 Å². The van der Waals surface area contributed by atoms with Gasteiger partial charge in [0.2, 0.25) is 0 Å². The Labute approximate surface area is 156 Å². The van der Waals surface area contributed by atoms with Crippen LogP contribution in [0.4, 0.5) is 4.39 Å². The fraction of sp³-hybridized carbons (Fsp3) is 0.450. The summed E-state index contributed by atoms with van der Waals surface area (Å²) in [7, 11) is 0. The van der Waals surface area contributed by atoms with Gasteiger partial charge in [0.15, 0.2) is 5.69 Å². The van der Waals surface area contributed by atoms with Crippen LogP contribution in [0.1, 0.15) is 60.3 Å². The van der Waals surface area contributed by atoms with Crippen LogP contribution in [0.2, 0.25) is 0 Å². The minimum Gasteiger partial charge on any atom is -0.480 e. The lowest BCUT2D eigenvalue weighted by Gasteiger charge is -2.33. The van der Waals surface area contributed by atoms with Crippen molar-refractivity contribution in [1.29, 1.82) is 0 Å². The molecular weight excluding hydrogens is 349 g/mol. The highest BCUT2D eigenvalue weighted by molar-refractivity contribution is 5.98. The topological polar surface area (TPSA) is 84.2 Å². The molecule has 2 aromatic rings. The lowest BCUT2D eigenvalue weighted by atomic mass is 9.81. The molecule has 1 fully saturated rings. The van der Waals surface area contributed by atoms with Crippen molar-refractivity contribution in [2.24, 2.45) is 0 Å². The molecule has 0 atom stereocenters. The maximum absolute atomic E-state index is 13.6. The van der Waals surface area contributed by atoms with Gasteiger partial charge in [-0.15, -0.1) is 0 Å². The number of nitrogens with zero attached hydrogens (tertiary/aromatic N) is 2. The van der Waals surface area contributed by atoms with Crippen molar-refractivity contribution in [1.82, 2.24) is 15.1 Å². The summed E-state index contributed by atoms with van der Waals surface area (Å²) in [6, 6.07) is 6.10. The molecule has 0 radical (unpaired) electrons. The Morgan fingerprint density at radius 2 is 1.93 bits per heavy atom. The van der Waals surface area contributed by atoms with E-state index in [-0.39, 0.29) is 11.5 Å². The molecular formula is C20H22FN3O3. The monoisotopic (exact) mass is 371 g/mol. The summed E-state index contributed by atoms with van der Waals surface area (Å²) >= 11 is 0. The molecule has 0 unspecified atom stereocenters. The summed E-state index contributed by atoms with van der Waals surface area (Å²) < 4.78 is 15.3. The number of carboxylic acids is 1. The summed E-state index contributed by atoms with van der Waals surface area (Å²) in [6.07, 6.45) is 5.78. The van der Waals surface area contributed by atoms with Gasteiger partial charge in [0, 0.05) is 11.3 Å². The number of benzene rings is 1. The third-order valence-electron chi connectivity index (χ3n) is 5.67. The van der Waals surface area contributed by atoms with Gasteiger partial charge in [-0.2, -0.15) is 5.10 Å². The molecule has 1 amide bonds. The number of amides is 1. The third-order valence-corrected chi connectivity index (χ3v) is 5.67. The quantitative estimate of drug-likeness (QED) is 0.865. The number of carbonyl (C=O) groups excluding carboxylic acids is 1. The van der Waals surface area contributed by atoms with E-state index >= 15 is 0 Å². The fourth-order valence-corrected chi connectivity index (χ4v) is 4.27. The first-order valence-corrected chi connectivity index (χ1v) is 9.43. The molecule has 142 valence electrons. The maximum Gasteiger partial charge on any atom is 0.329 e. The predicted octanol–water partition coefficient (Wildman–Crippen LogP) is 3.02. The molecule has 2 aliphatic rings.